The van der Waals surface area contributed by atoms with Gasteiger partial charge in [0.25, 0.3) is 0 Å². The van der Waals surface area contributed by atoms with Gasteiger partial charge < -0.3 is 14.8 Å². The number of carbonyl (C=O) groups is 3. The molecule has 0 bridgehead atoms. The largest absolute Gasteiger partial charge is 0.465 e. The molecule has 0 aliphatic carbocycles. The van der Waals surface area contributed by atoms with Crippen molar-refractivity contribution in [3.8, 4) is 0 Å². The average Bonchev–Trinajstić information content (AvgIpc) is 2.15. The number of hydrogen-bond donors (Lipinski definition) is 1. The van der Waals surface area contributed by atoms with Crippen LogP contribution in [0.3, 0.4) is 0 Å². The van der Waals surface area contributed by atoms with Gasteiger partial charge in [-0.05, 0) is 0 Å². The van der Waals surface area contributed by atoms with Gasteiger partial charge in [-0.2, -0.15) is 0 Å². The average molecular weight is 200 g/mol. The van der Waals surface area contributed by atoms with Crippen LogP contribution >= 0.6 is 0 Å². The summed E-state index contributed by atoms with van der Waals surface area (Å²) in [5.41, 5.74) is 0. The first-order valence-corrected chi connectivity index (χ1v) is 4.34. The smallest absolute Gasteiger partial charge is 0.407 e. The summed E-state index contributed by atoms with van der Waals surface area (Å²) in [6, 6.07) is 0. The maximum Gasteiger partial charge on any atom is 0.407 e. The molecule has 1 saturated heterocycles. The van der Waals surface area contributed by atoms with Crippen LogP contribution in [0.5, 0.6) is 0 Å². The zero-order valence-corrected chi connectivity index (χ0v) is 7.68. The molecule has 6 nitrogen and oxygen atoms in total. The number of rotatable bonds is 3. The van der Waals surface area contributed by atoms with Gasteiger partial charge >= 0.3 is 6.09 Å². The maximum atomic E-state index is 11.3. The molecule has 0 aromatic carbocycles. The summed E-state index contributed by atoms with van der Waals surface area (Å²) in [5.74, 6) is -0.236. The van der Waals surface area contributed by atoms with E-state index < -0.39 is 6.09 Å². The summed E-state index contributed by atoms with van der Waals surface area (Å²) in [6.45, 7) is 0.975. The van der Waals surface area contributed by atoms with E-state index in [1.807, 2.05) is 0 Å². The minimum atomic E-state index is -1.08. The predicted octanol–water partition coefficient (Wildman–Crippen LogP) is -0.602. The van der Waals surface area contributed by atoms with E-state index in [2.05, 4.69) is 0 Å². The molecular formula is C8H12N2O4. The van der Waals surface area contributed by atoms with Crippen LogP contribution in [0.25, 0.3) is 0 Å². The van der Waals surface area contributed by atoms with E-state index in [1.54, 1.807) is 0 Å². The SMILES string of the molecule is O=CCCN1CCN(C(=O)O)CC1=O. The van der Waals surface area contributed by atoms with Crippen molar-refractivity contribution in [1.82, 2.24) is 9.80 Å². The molecule has 14 heavy (non-hydrogen) atoms. The lowest BCUT2D eigenvalue weighted by molar-refractivity contribution is -0.135. The molecule has 6 heteroatoms. The van der Waals surface area contributed by atoms with Gasteiger partial charge in [0.15, 0.2) is 0 Å². The van der Waals surface area contributed by atoms with Gasteiger partial charge in [-0.1, -0.05) is 0 Å². The van der Waals surface area contributed by atoms with Gasteiger partial charge in [0.2, 0.25) is 5.91 Å². The molecule has 1 N–H and O–H groups in total. The molecule has 1 fully saturated rings. The number of piperazine rings is 1. The van der Waals surface area contributed by atoms with Gasteiger partial charge in [-0.3, -0.25) is 9.69 Å². The Labute approximate surface area is 81.1 Å². The second-order valence-electron chi connectivity index (χ2n) is 3.04. The van der Waals surface area contributed by atoms with Gasteiger partial charge in [-0.15, -0.1) is 0 Å². The van der Waals surface area contributed by atoms with E-state index in [1.165, 1.54) is 4.90 Å². The van der Waals surface area contributed by atoms with Crippen LogP contribution < -0.4 is 0 Å². The van der Waals surface area contributed by atoms with Crippen LogP contribution in [0, 0.1) is 0 Å². The Morgan fingerprint density at radius 3 is 2.71 bits per heavy atom. The standard InChI is InChI=1S/C8H12N2O4/c11-5-1-2-9-3-4-10(8(13)14)6-7(9)12/h5H,1-4,6H2,(H,13,14). The van der Waals surface area contributed by atoms with E-state index in [-0.39, 0.29) is 12.5 Å². The Bertz CT molecular complexity index is 254. The third-order valence-corrected chi connectivity index (χ3v) is 2.11. The van der Waals surface area contributed by atoms with Gasteiger partial charge in [-0.25, -0.2) is 4.79 Å². The molecule has 1 aliphatic heterocycles. The lowest BCUT2D eigenvalue weighted by atomic mass is 10.3. The Balaban J connectivity index is 2.43. The highest BCUT2D eigenvalue weighted by Crippen LogP contribution is 2.03. The van der Waals surface area contributed by atoms with E-state index in [0.717, 1.165) is 11.2 Å². The minimum Gasteiger partial charge on any atom is -0.465 e. The minimum absolute atomic E-state index is 0.103. The number of carbonyl (C=O) groups excluding carboxylic acids is 2. The quantitative estimate of drug-likeness (QED) is 0.617. The van der Waals surface area contributed by atoms with Crippen LogP contribution in [-0.4, -0.2) is 59.4 Å². The van der Waals surface area contributed by atoms with Crippen LogP contribution in [0.2, 0.25) is 0 Å². The topological polar surface area (TPSA) is 77.9 Å². The number of carboxylic acid groups (broad SMARTS) is 1. The first-order valence-electron chi connectivity index (χ1n) is 4.34. The molecule has 78 valence electrons. The molecule has 2 amide bonds. The monoisotopic (exact) mass is 200 g/mol. The van der Waals surface area contributed by atoms with Crippen molar-refractivity contribution in [2.75, 3.05) is 26.2 Å². The second-order valence-corrected chi connectivity index (χ2v) is 3.04. The number of aldehydes is 1. The summed E-state index contributed by atoms with van der Waals surface area (Å²) in [7, 11) is 0. The summed E-state index contributed by atoms with van der Waals surface area (Å²) in [4.78, 5) is 34.5. The zero-order chi connectivity index (χ0) is 10.6. The van der Waals surface area contributed by atoms with E-state index in [9.17, 15) is 14.4 Å². The van der Waals surface area contributed by atoms with Crippen LogP contribution in [0.1, 0.15) is 6.42 Å². The molecule has 1 heterocycles. The van der Waals surface area contributed by atoms with Crippen molar-refractivity contribution in [3.05, 3.63) is 0 Å². The fourth-order valence-corrected chi connectivity index (χ4v) is 1.32. The van der Waals surface area contributed by atoms with Crippen molar-refractivity contribution in [2.45, 2.75) is 6.42 Å². The van der Waals surface area contributed by atoms with Crippen LogP contribution in [0.4, 0.5) is 4.79 Å². The first-order chi connectivity index (χ1) is 6.65. The fraction of sp³-hybridized carbons (Fsp3) is 0.625. The number of nitrogens with zero attached hydrogens (tertiary/aromatic N) is 2. The highest BCUT2D eigenvalue weighted by molar-refractivity contribution is 5.83. The molecule has 0 saturated carbocycles. The van der Waals surface area contributed by atoms with Crippen molar-refractivity contribution in [3.63, 3.8) is 0 Å². The number of amides is 2. The molecule has 1 aliphatic rings. The van der Waals surface area contributed by atoms with Gasteiger partial charge in [0, 0.05) is 26.1 Å². The normalized spacial score (nSPS) is 17.0. The Morgan fingerprint density at radius 1 is 1.50 bits per heavy atom. The highest BCUT2D eigenvalue weighted by atomic mass is 16.4. The zero-order valence-electron chi connectivity index (χ0n) is 7.68. The van der Waals surface area contributed by atoms with Crippen molar-refractivity contribution in [1.29, 1.82) is 0 Å². The molecule has 0 aromatic rings. The lowest BCUT2D eigenvalue weighted by Gasteiger charge is -2.32. The van der Waals surface area contributed by atoms with E-state index >= 15 is 0 Å². The van der Waals surface area contributed by atoms with Crippen molar-refractivity contribution < 1.29 is 19.5 Å². The lowest BCUT2D eigenvalue weighted by Crippen LogP contribution is -2.52. The van der Waals surface area contributed by atoms with Gasteiger partial charge in [0.05, 0.1) is 0 Å². The van der Waals surface area contributed by atoms with Crippen molar-refractivity contribution >= 4 is 18.3 Å². The summed E-state index contributed by atoms with van der Waals surface area (Å²) >= 11 is 0. The second kappa shape index (κ2) is 4.59. The Morgan fingerprint density at radius 2 is 2.21 bits per heavy atom. The van der Waals surface area contributed by atoms with E-state index in [4.69, 9.17) is 5.11 Å². The first kappa shape index (κ1) is 10.5. The van der Waals surface area contributed by atoms with Gasteiger partial charge in [0.1, 0.15) is 12.8 Å². The van der Waals surface area contributed by atoms with Crippen LogP contribution in [0.15, 0.2) is 0 Å². The molecule has 0 atom stereocenters. The molecule has 0 radical (unpaired) electrons. The summed E-state index contributed by atoms with van der Waals surface area (Å²) < 4.78 is 0. The fourth-order valence-electron chi connectivity index (χ4n) is 1.32. The highest BCUT2D eigenvalue weighted by Gasteiger charge is 2.25. The molecule has 1 rings (SSSR count). The summed E-state index contributed by atoms with van der Waals surface area (Å²) in [6.07, 6.45) is -0.0243. The molecule has 0 aromatic heterocycles. The summed E-state index contributed by atoms with van der Waals surface area (Å²) in [5, 5.41) is 8.62. The third kappa shape index (κ3) is 2.45. The molecule has 0 spiro atoms. The van der Waals surface area contributed by atoms with Crippen molar-refractivity contribution in [2.24, 2.45) is 0 Å². The molecule has 0 unspecified atom stereocenters. The Kier molecular flexibility index (Phi) is 3.44. The number of hydrogen-bond acceptors (Lipinski definition) is 3. The molecular weight excluding hydrogens is 188 g/mol. The van der Waals surface area contributed by atoms with E-state index in [0.29, 0.717) is 26.1 Å². The predicted molar refractivity (Wildman–Crippen MR) is 46.9 cm³/mol. The maximum absolute atomic E-state index is 11.3. The van der Waals surface area contributed by atoms with Crippen LogP contribution in [-0.2, 0) is 9.59 Å². The Hall–Kier alpha value is -1.59. The third-order valence-electron chi connectivity index (χ3n) is 2.11.